The highest BCUT2D eigenvalue weighted by Gasteiger charge is 2.34. The average Bonchev–Trinajstić information content (AvgIpc) is 2.89. The lowest BCUT2D eigenvalue weighted by Gasteiger charge is -2.28. The zero-order chi connectivity index (χ0) is 17.0. The Balaban J connectivity index is 1.71. The molecule has 2 atom stereocenters. The number of nitrogens with one attached hydrogen (secondary N) is 3. The lowest BCUT2D eigenvalue weighted by Crippen LogP contribution is -3.08. The maximum atomic E-state index is 12.7. The van der Waals surface area contributed by atoms with E-state index in [2.05, 4.69) is 49.5 Å². The van der Waals surface area contributed by atoms with E-state index in [-0.39, 0.29) is 17.8 Å². The summed E-state index contributed by atoms with van der Waals surface area (Å²) in [5.41, 5.74) is 2.83. The molecule has 0 radical (unpaired) electrons. The fourth-order valence-corrected chi connectivity index (χ4v) is 5.85. The first-order valence-corrected chi connectivity index (χ1v) is 10.0. The van der Waals surface area contributed by atoms with Crippen molar-refractivity contribution >= 4 is 54.1 Å². The molecular formula is C16H15Br2N3O2S. The number of carbonyl (C=O) groups is 1. The third-order valence-electron chi connectivity index (χ3n) is 4.49. The van der Waals surface area contributed by atoms with Gasteiger partial charge in [0.2, 0.25) is 0 Å². The first kappa shape index (κ1) is 16.4. The van der Waals surface area contributed by atoms with Crippen LogP contribution in [0.3, 0.4) is 0 Å². The van der Waals surface area contributed by atoms with Gasteiger partial charge in [0, 0.05) is 15.4 Å². The first-order chi connectivity index (χ1) is 11.4. The summed E-state index contributed by atoms with van der Waals surface area (Å²) in [4.78, 5) is 15.4. The number of likely N-dealkylation sites (N-methyl/N-ethyl adjacent to an activating group) is 1. The summed E-state index contributed by atoms with van der Waals surface area (Å²) in [7, 11) is 2.18. The number of amides is 1. The normalized spacial score (nSPS) is 22.4. The van der Waals surface area contributed by atoms with Gasteiger partial charge in [-0.25, -0.2) is 0 Å². The molecule has 3 heterocycles. The number of rotatable bonds is 1. The highest BCUT2D eigenvalue weighted by molar-refractivity contribution is 9.11. The number of fused-ring (bicyclic) bond motifs is 3. The van der Waals surface area contributed by atoms with E-state index in [9.17, 15) is 9.90 Å². The van der Waals surface area contributed by atoms with E-state index in [1.807, 2.05) is 0 Å². The Labute approximate surface area is 160 Å². The molecule has 8 heteroatoms. The van der Waals surface area contributed by atoms with Gasteiger partial charge in [0.1, 0.15) is 17.7 Å². The Hall–Kier alpha value is -1.09. The molecule has 4 rings (SSSR count). The zero-order valence-electron chi connectivity index (χ0n) is 12.8. The monoisotopic (exact) mass is 471 g/mol. The predicted octanol–water partition coefficient (Wildman–Crippen LogP) is 1.77. The first-order valence-electron chi connectivity index (χ1n) is 7.63. The second-order valence-corrected chi connectivity index (χ2v) is 9.02. The minimum atomic E-state index is -0.344. The van der Waals surface area contributed by atoms with Crippen molar-refractivity contribution in [1.82, 2.24) is 5.32 Å². The van der Waals surface area contributed by atoms with Crippen molar-refractivity contribution < 1.29 is 14.8 Å². The number of hydrogen-bond acceptors (Lipinski definition) is 4. The Morgan fingerprint density at radius 3 is 2.71 bits per heavy atom. The maximum absolute atomic E-state index is 12.7. The largest absolute Gasteiger partial charge is 0.871 e. The molecule has 0 aliphatic carbocycles. The van der Waals surface area contributed by atoms with Gasteiger partial charge in [-0.15, -0.1) is 11.3 Å². The van der Waals surface area contributed by atoms with Crippen LogP contribution in [0.2, 0.25) is 0 Å². The number of anilines is 1. The van der Waals surface area contributed by atoms with Crippen LogP contribution in [0.25, 0.3) is 0 Å². The molecule has 2 aliphatic heterocycles. The van der Waals surface area contributed by atoms with E-state index in [1.54, 1.807) is 23.5 Å². The molecule has 0 saturated carbocycles. The average molecular weight is 473 g/mol. The molecule has 126 valence electrons. The van der Waals surface area contributed by atoms with E-state index < -0.39 is 0 Å². The fourth-order valence-electron chi connectivity index (χ4n) is 3.25. The molecule has 1 amide bonds. The summed E-state index contributed by atoms with van der Waals surface area (Å²) in [6.07, 6.45) is 0.595. The summed E-state index contributed by atoms with van der Waals surface area (Å²) >= 11 is 8.24. The number of quaternary nitrogens is 1. The second kappa shape index (κ2) is 6.01. The van der Waals surface area contributed by atoms with Gasteiger partial charge in [-0.3, -0.25) is 4.79 Å². The molecule has 0 saturated heterocycles. The highest BCUT2D eigenvalue weighted by Crippen LogP contribution is 2.40. The van der Waals surface area contributed by atoms with Crippen molar-refractivity contribution in [3.63, 3.8) is 0 Å². The molecule has 1 aromatic carbocycles. The van der Waals surface area contributed by atoms with Crippen LogP contribution in [-0.4, -0.2) is 19.5 Å². The summed E-state index contributed by atoms with van der Waals surface area (Å²) in [5.74, 6) is -0.136. The molecule has 1 aromatic heterocycles. The standard InChI is InChI=1S/C16H15Br2N3O2S/c1-21-3-2-8-11(6-21)24-16-12(8)15(23)19-14(20-16)7-4-9(17)13(22)10(18)5-7/h4-5,14,20,22H,2-3,6H2,1H3,(H,19,23)/t14-/m1/s1. The molecule has 0 bridgehead atoms. The van der Waals surface area contributed by atoms with Gasteiger partial charge in [0.15, 0.2) is 0 Å². The van der Waals surface area contributed by atoms with Gasteiger partial charge < -0.3 is 20.6 Å². The third kappa shape index (κ3) is 2.65. The van der Waals surface area contributed by atoms with E-state index in [4.69, 9.17) is 0 Å². The van der Waals surface area contributed by atoms with Crippen LogP contribution < -0.4 is 20.6 Å². The van der Waals surface area contributed by atoms with Crippen molar-refractivity contribution in [1.29, 1.82) is 0 Å². The van der Waals surface area contributed by atoms with Gasteiger partial charge in [-0.2, -0.15) is 0 Å². The van der Waals surface area contributed by atoms with Crippen LogP contribution in [0.15, 0.2) is 21.1 Å². The summed E-state index contributed by atoms with van der Waals surface area (Å²) < 4.78 is 0.953. The topological polar surface area (TPSA) is 68.6 Å². The Morgan fingerprint density at radius 1 is 1.29 bits per heavy atom. The lowest BCUT2D eigenvalue weighted by molar-refractivity contribution is -0.895. The van der Waals surface area contributed by atoms with Gasteiger partial charge in [-0.05, 0) is 23.3 Å². The molecule has 2 aliphatic rings. The van der Waals surface area contributed by atoms with Crippen LogP contribution in [0.5, 0.6) is 5.75 Å². The SMILES string of the molecule is C[NH+]1CCc2c(sc3c2C(=O)N[C@@H](c2cc(Br)c([O-])c(Br)c2)N3)C1. The van der Waals surface area contributed by atoms with Crippen LogP contribution >= 0.6 is 43.2 Å². The van der Waals surface area contributed by atoms with Crippen LogP contribution in [0, 0.1) is 0 Å². The number of thiophene rings is 1. The smallest absolute Gasteiger partial charge is 0.256 e. The highest BCUT2D eigenvalue weighted by atomic mass is 79.9. The number of halogens is 2. The van der Waals surface area contributed by atoms with Crippen molar-refractivity contribution in [2.45, 2.75) is 19.1 Å². The predicted molar refractivity (Wildman–Crippen MR) is 98.6 cm³/mol. The van der Waals surface area contributed by atoms with Crippen molar-refractivity contribution in [3.05, 3.63) is 42.6 Å². The molecule has 1 unspecified atom stereocenters. The van der Waals surface area contributed by atoms with Gasteiger partial charge >= 0.3 is 0 Å². The Bertz CT molecular complexity index is 829. The summed E-state index contributed by atoms with van der Waals surface area (Å²) in [5, 5.41) is 19.2. The Morgan fingerprint density at radius 2 is 2.00 bits per heavy atom. The Kier molecular flexibility index (Phi) is 4.11. The van der Waals surface area contributed by atoms with Crippen LogP contribution in [-0.2, 0) is 13.0 Å². The third-order valence-corrected chi connectivity index (χ3v) is 6.83. The van der Waals surface area contributed by atoms with E-state index >= 15 is 0 Å². The minimum Gasteiger partial charge on any atom is -0.871 e. The zero-order valence-corrected chi connectivity index (χ0v) is 16.8. The van der Waals surface area contributed by atoms with Crippen molar-refractivity contribution in [2.75, 3.05) is 18.9 Å². The van der Waals surface area contributed by atoms with E-state index in [1.165, 1.54) is 15.3 Å². The lowest BCUT2D eigenvalue weighted by atomic mass is 10.0. The number of hydrogen-bond donors (Lipinski definition) is 3. The van der Waals surface area contributed by atoms with Crippen molar-refractivity contribution in [3.8, 4) is 5.75 Å². The minimum absolute atomic E-state index is 0.0377. The fraction of sp³-hybridized carbons (Fsp3) is 0.312. The van der Waals surface area contributed by atoms with Crippen molar-refractivity contribution in [2.24, 2.45) is 0 Å². The van der Waals surface area contributed by atoms with E-state index in [0.29, 0.717) is 8.95 Å². The quantitative estimate of drug-likeness (QED) is 0.592. The molecule has 24 heavy (non-hydrogen) atoms. The van der Waals surface area contributed by atoms with Crippen LogP contribution in [0.1, 0.15) is 32.5 Å². The summed E-state index contributed by atoms with van der Waals surface area (Å²) in [6, 6.07) is 3.50. The van der Waals surface area contributed by atoms with E-state index in [0.717, 1.165) is 35.6 Å². The van der Waals surface area contributed by atoms with Gasteiger partial charge in [0.05, 0.1) is 24.0 Å². The van der Waals surface area contributed by atoms with Gasteiger partial charge in [-0.1, -0.05) is 37.6 Å². The van der Waals surface area contributed by atoms with Crippen LogP contribution in [0.4, 0.5) is 5.00 Å². The molecule has 5 nitrogen and oxygen atoms in total. The molecule has 0 spiro atoms. The maximum Gasteiger partial charge on any atom is 0.256 e. The molecule has 3 N–H and O–H groups in total. The molecule has 0 fully saturated rings. The number of benzene rings is 1. The molecular weight excluding hydrogens is 458 g/mol. The number of carbonyl (C=O) groups excluding carboxylic acids is 1. The second-order valence-electron chi connectivity index (χ2n) is 6.21. The molecule has 2 aromatic rings. The summed E-state index contributed by atoms with van der Waals surface area (Å²) in [6.45, 7) is 2.02. The van der Waals surface area contributed by atoms with Gasteiger partial charge in [0.25, 0.3) is 5.91 Å².